The number of ether oxygens (including phenoxy) is 1. The SMILES string of the molecule is Cc1c(Br)ccc(N(CCO)CCN2CCOCC2)c1Cl. The highest BCUT2D eigenvalue weighted by atomic mass is 79.9. The molecule has 1 aromatic rings. The molecule has 0 atom stereocenters. The second kappa shape index (κ2) is 8.34. The van der Waals surface area contributed by atoms with Crippen molar-refractivity contribution in [1.82, 2.24) is 4.90 Å². The van der Waals surface area contributed by atoms with Crippen molar-refractivity contribution in [3.63, 3.8) is 0 Å². The molecule has 0 unspecified atom stereocenters. The lowest BCUT2D eigenvalue weighted by Crippen LogP contribution is -2.42. The molecule has 1 saturated heterocycles. The molecule has 0 saturated carbocycles. The van der Waals surface area contributed by atoms with Crippen LogP contribution in [0, 0.1) is 6.92 Å². The smallest absolute Gasteiger partial charge is 0.0679 e. The van der Waals surface area contributed by atoms with Gasteiger partial charge in [0.2, 0.25) is 0 Å². The summed E-state index contributed by atoms with van der Waals surface area (Å²) in [6.07, 6.45) is 0. The summed E-state index contributed by atoms with van der Waals surface area (Å²) in [5, 5.41) is 10.1. The fourth-order valence-corrected chi connectivity index (χ4v) is 3.18. The zero-order chi connectivity index (χ0) is 15.2. The summed E-state index contributed by atoms with van der Waals surface area (Å²) in [5.74, 6) is 0. The van der Waals surface area contributed by atoms with Crippen LogP contribution in [0.4, 0.5) is 5.69 Å². The molecule has 1 fully saturated rings. The van der Waals surface area contributed by atoms with Gasteiger partial charge in [-0.1, -0.05) is 27.5 Å². The quantitative estimate of drug-likeness (QED) is 0.826. The minimum Gasteiger partial charge on any atom is -0.395 e. The highest BCUT2D eigenvalue weighted by Gasteiger charge is 2.16. The first-order valence-electron chi connectivity index (χ1n) is 7.24. The van der Waals surface area contributed by atoms with Gasteiger partial charge in [0.15, 0.2) is 0 Å². The van der Waals surface area contributed by atoms with E-state index in [1.54, 1.807) is 0 Å². The highest BCUT2D eigenvalue weighted by Crippen LogP contribution is 2.33. The lowest BCUT2D eigenvalue weighted by molar-refractivity contribution is 0.0391. The van der Waals surface area contributed by atoms with Crippen molar-refractivity contribution in [1.29, 1.82) is 0 Å². The molecule has 4 nitrogen and oxygen atoms in total. The van der Waals surface area contributed by atoms with Gasteiger partial charge in [0.25, 0.3) is 0 Å². The molecular formula is C15H22BrClN2O2. The lowest BCUT2D eigenvalue weighted by Gasteiger charge is -2.31. The minimum absolute atomic E-state index is 0.120. The Bertz CT molecular complexity index is 467. The maximum absolute atomic E-state index is 9.32. The van der Waals surface area contributed by atoms with Crippen LogP contribution in [0.2, 0.25) is 5.02 Å². The van der Waals surface area contributed by atoms with E-state index in [4.69, 9.17) is 16.3 Å². The highest BCUT2D eigenvalue weighted by molar-refractivity contribution is 9.10. The average molecular weight is 378 g/mol. The summed E-state index contributed by atoms with van der Waals surface area (Å²) in [4.78, 5) is 4.53. The van der Waals surface area contributed by atoms with Crippen molar-refractivity contribution in [3.05, 3.63) is 27.2 Å². The molecule has 0 radical (unpaired) electrons. The fourth-order valence-electron chi connectivity index (χ4n) is 2.45. The molecule has 1 heterocycles. The number of nitrogens with zero attached hydrogens (tertiary/aromatic N) is 2. The summed E-state index contributed by atoms with van der Waals surface area (Å²) in [7, 11) is 0. The van der Waals surface area contributed by atoms with Crippen molar-refractivity contribution < 1.29 is 9.84 Å². The molecule has 0 bridgehead atoms. The van der Waals surface area contributed by atoms with Crippen LogP contribution in [0.25, 0.3) is 0 Å². The Morgan fingerprint density at radius 2 is 2.05 bits per heavy atom. The summed E-state index contributed by atoms with van der Waals surface area (Å²) in [5.41, 5.74) is 2.02. The predicted molar refractivity (Wildman–Crippen MR) is 90.4 cm³/mol. The second-order valence-corrected chi connectivity index (χ2v) is 6.40. The van der Waals surface area contributed by atoms with E-state index < -0.39 is 0 Å². The topological polar surface area (TPSA) is 35.9 Å². The molecule has 1 aromatic carbocycles. The molecule has 1 aliphatic heterocycles. The number of rotatable bonds is 6. The Morgan fingerprint density at radius 3 is 2.71 bits per heavy atom. The summed E-state index contributed by atoms with van der Waals surface area (Å²) in [6.45, 7) is 8.06. The van der Waals surface area contributed by atoms with E-state index in [0.717, 1.165) is 60.1 Å². The van der Waals surface area contributed by atoms with E-state index in [1.165, 1.54) is 0 Å². The van der Waals surface area contributed by atoms with Gasteiger partial charge in [-0.25, -0.2) is 0 Å². The van der Waals surface area contributed by atoms with Gasteiger partial charge in [-0.2, -0.15) is 0 Å². The van der Waals surface area contributed by atoms with Gasteiger partial charge >= 0.3 is 0 Å². The second-order valence-electron chi connectivity index (χ2n) is 5.17. The molecule has 1 aliphatic rings. The van der Waals surface area contributed by atoms with Crippen molar-refractivity contribution >= 4 is 33.2 Å². The van der Waals surface area contributed by atoms with E-state index in [2.05, 4.69) is 25.7 Å². The molecule has 0 spiro atoms. The van der Waals surface area contributed by atoms with Gasteiger partial charge in [0, 0.05) is 37.2 Å². The number of anilines is 1. The van der Waals surface area contributed by atoms with Crippen LogP contribution in [0.3, 0.4) is 0 Å². The van der Waals surface area contributed by atoms with E-state index >= 15 is 0 Å². The van der Waals surface area contributed by atoms with Gasteiger partial charge in [-0.05, 0) is 24.6 Å². The number of aliphatic hydroxyl groups is 1. The largest absolute Gasteiger partial charge is 0.395 e. The zero-order valence-electron chi connectivity index (χ0n) is 12.3. The van der Waals surface area contributed by atoms with E-state index in [0.29, 0.717) is 6.54 Å². The molecule has 2 rings (SSSR count). The Kier molecular flexibility index (Phi) is 6.76. The van der Waals surface area contributed by atoms with Crippen LogP contribution in [0.5, 0.6) is 0 Å². The average Bonchev–Trinajstić information content (AvgIpc) is 2.51. The first kappa shape index (κ1) is 17.0. The van der Waals surface area contributed by atoms with Crippen molar-refractivity contribution in [2.45, 2.75) is 6.92 Å². The van der Waals surface area contributed by atoms with Crippen LogP contribution in [-0.4, -0.2) is 62.6 Å². The van der Waals surface area contributed by atoms with Crippen LogP contribution in [-0.2, 0) is 4.74 Å². The van der Waals surface area contributed by atoms with Crippen molar-refractivity contribution in [2.24, 2.45) is 0 Å². The molecule has 0 aromatic heterocycles. The standard InChI is InChI=1S/C15H22BrClN2O2/c1-12-13(16)2-3-14(15(12)17)19(6-9-20)5-4-18-7-10-21-11-8-18/h2-3,20H,4-11H2,1H3. The Balaban J connectivity index is 2.05. The van der Waals surface area contributed by atoms with E-state index in [-0.39, 0.29) is 6.61 Å². The van der Waals surface area contributed by atoms with Gasteiger partial charge in [-0.3, -0.25) is 4.90 Å². The van der Waals surface area contributed by atoms with Gasteiger partial charge in [0.05, 0.1) is 30.5 Å². The van der Waals surface area contributed by atoms with E-state index in [1.807, 2.05) is 19.1 Å². The van der Waals surface area contributed by atoms with Gasteiger partial charge in [-0.15, -0.1) is 0 Å². The maximum Gasteiger partial charge on any atom is 0.0679 e. The first-order valence-corrected chi connectivity index (χ1v) is 8.41. The number of hydrogen-bond acceptors (Lipinski definition) is 4. The number of halogens is 2. The lowest BCUT2D eigenvalue weighted by atomic mass is 10.2. The summed E-state index contributed by atoms with van der Waals surface area (Å²) < 4.78 is 6.37. The summed E-state index contributed by atoms with van der Waals surface area (Å²) >= 11 is 9.96. The first-order chi connectivity index (χ1) is 10.1. The molecule has 0 amide bonds. The molecule has 0 aliphatic carbocycles. The van der Waals surface area contributed by atoms with Crippen molar-refractivity contribution in [2.75, 3.05) is 57.4 Å². The number of aliphatic hydroxyl groups excluding tert-OH is 1. The molecule has 6 heteroatoms. The maximum atomic E-state index is 9.32. The number of morpholine rings is 1. The third-order valence-electron chi connectivity index (χ3n) is 3.80. The number of hydrogen-bond donors (Lipinski definition) is 1. The molecular weight excluding hydrogens is 356 g/mol. The van der Waals surface area contributed by atoms with Gasteiger partial charge < -0.3 is 14.7 Å². The predicted octanol–water partition coefficient (Wildman–Crippen LogP) is 2.54. The minimum atomic E-state index is 0.120. The Hall–Kier alpha value is -0.330. The molecule has 1 N–H and O–H groups in total. The Morgan fingerprint density at radius 1 is 1.33 bits per heavy atom. The zero-order valence-corrected chi connectivity index (χ0v) is 14.7. The fraction of sp³-hybridized carbons (Fsp3) is 0.600. The van der Waals surface area contributed by atoms with Gasteiger partial charge in [0.1, 0.15) is 0 Å². The number of benzene rings is 1. The third kappa shape index (κ3) is 4.57. The summed E-state index contributed by atoms with van der Waals surface area (Å²) in [6, 6.07) is 4.02. The molecule has 118 valence electrons. The van der Waals surface area contributed by atoms with Crippen LogP contribution in [0.15, 0.2) is 16.6 Å². The molecule has 21 heavy (non-hydrogen) atoms. The van der Waals surface area contributed by atoms with Crippen molar-refractivity contribution in [3.8, 4) is 0 Å². The third-order valence-corrected chi connectivity index (χ3v) is 5.14. The normalized spacial score (nSPS) is 16.2. The van der Waals surface area contributed by atoms with E-state index in [9.17, 15) is 5.11 Å². The van der Waals surface area contributed by atoms with Crippen LogP contribution < -0.4 is 4.90 Å². The van der Waals surface area contributed by atoms with Crippen LogP contribution in [0.1, 0.15) is 5.56 Å². The van der Waals surface area contributed by atoms with Crippen LogP contribution >= 0.6 is 27.5 Å². The Labute approximate surface area is 139 Å². The monoisotopic (exact) mass is 376 g/mol.